The third kappa shape index (κ3) is 5.31. The Morgan fingerprint density at radius 1 is 1.14 bits per heavy atom. The zero-order valence-electron chi connectivity index (χ0n) is 14.0. The smallest absolute Gasteiger partial charge is 0.321 e. The van der Waals surface area contributed by atoms with Gasteiger partial charge < -0.3 is 15.1 Å². The van der Waals surface area contributed by atoms with Crippen molar-refractivity contribution in [3.63, 3.8) is 0 Å². The molecular formula is C17H28N4O. The van der Waals surface area contributed by atoms with E-state index in [0.29, 0.717) is 0 Å². The Hall–Kier alpha value is -1.59. The number of urea groups is 1. The number of benzene rings is 1. The lowest BCUT2D eigenvalue weighted by Gasteiger charge is -2.34. The maximum absolute atomic E-state index is 12.3. The van der Waals surface area contributed by atoms with E-state index in [-0.39, 0.29) is 6.03 Å². The van der Waals surface area contributed by atoms with Crippen LogP contribution in [-0.4, -0.2) is 74.1 Å². The van der Waals surface area contributed by atoms with Gasteiger partial charge in [0.2, 0.25) is 0 Å². The molecule has 0 spiro atoms. The number of carbonyl (C=O) groups is 1. The van der Waals surface area contributed by atoms with Crippen LogP contribution in [0.2, 0.25) is 0 Å². The molecule has 2 amide bonds. The predicted molar refractivity (Wildman–Crippen MR) is 91.4 cm³/mol. The second-order valence-electron chi connectivity index (χ2n) is 6.28. The van der Waals surface area contributed by atoms with Gasteiger partial charge in [-0.15, -0.1) is 0 Å². The van der Waals surface area contributed by atoms with E-state index < -0.39 is 0 Å². The predicted octanol–water partition coefficient (Wildman–Crippen LogP) is 2.10. The zero-order valence-corrected chi connectivity index (χ0v) is 14.0. The second-order valence-corrected chi connectivity index (χ2v) is 6.28. The highest BCUT2D eigenvalue weighted by Crippen LogP contribution is 2.11. The molecule has 0 saturated carbocycles. The number of nitrogens with zero attached hydrogens (tertiary/aromatic N) is 3. The minimum Gasteiger partial charge on any atom is -0.322 e. The summed E-state index contributed by atoms with van der Waals surface area (Å²) in [5, 5.41) is 2.97. The maximum Gasteiger partial charge on any atom is 0.321 e. The van der Waals surface area contributed by atoms with Gasteiger partial charge in [0.05, 0.1) is 0 Å². The summed E-state index contributed by atoms with van der Waals surface area (Å²) in [6.45, 7) is 7.82. The number of rotatable bonds is 5. The van der Waals surface area contributed by atoms with Gasteiger partial charge in [-0.25, -0.2) is 4.79 Å². The summed E-state index contributed by atoms with van der Waals surface area (Å²) in [4.78, 5) is 18.8. The Kier molecular flexibility index (Phi) is 6.21. The van der Waals surface area contributed by atoms with Crippen molar-refractivity contribution in [3.05, 3.63) is 29.8 Å². The first kappa shape index (κ1) is 16.8. The molecule has 22 heavy (non-hydrogen) atoms. The number of piperazine rings is 1. The SMILES string of the molecule is Cc1ccc(NC(=O)N2CCN(CCCN(C)C)CC2)cc1. The van der Waals surface area contributed by atoms with Crippen LogP contribution in [-0.2, 0) is 0 Å². The van der Waals surface area contributed by atoms with Crippen LogP contribution < -0.4 is 5.32 Å². The lowest BCUT2D eigenvalue weighted by molar-refractivity contribution is 0.144. The highest BCUT2D eigenvalue weighted by molar-refractivity contribution is 5.89. The zero-order chi connectivity index (χ0) is 15.9. The lowest BCUT2D eigenvalue weighted by atomic mass is 10.2. The Morgan fingerprint density at radius 2 is 1.77 bits per heavy atom. The van der Waals surface area contributed by atoms with Crippen molar-refractivity contribution in [2.75, 3.05) is 58.7 Å². The van der Waals surface area contributed by atoms with Crippen LogP contribution in [0.25, 0.3) is 0 Å². The molecule has 0 bridgehead atoms. The van der Waals surface area contributed by atoms with Gasteiger partial charge in [-0.1, -0.05) is 17.7 Å². The van der Waals surface area contributed by atoms with E-state index >= 15 is 0 Å². The van der Waals surface area contributed by atoms with Crippen molar-refractivity contribution in [2.45, 2.75) is 13.3 Å². The second kappa shape index (κ2) is 8.15. The number of hydrogen-bond donors (Lipinski definition) is 1. The van der Waals surface area contributed by atoms with Crippen molar-refractivity contribution in [2.24, 2.45) is 0 Å². The highest BCUT2D eigenvalue weighted by Gasteiger charge is 2.20. The van der Waals surface area contributed by atoms with Gasteiger partial charge in [-0.05, 0) is 52.7 Å². The van der Waals surface area contributed by atoms with Crippen LogP contribution in [0.5, 0.6) is 0 Å². The van der Waals surface area contributed by atoms with Gasteiger partial charge in [0, 0.05) is 31.9 Å². The molecular weight excluding hydrogens is 276 g/mol. The fourth-order valence-corrected chi connectivity index (χ4v) is 2.62. The molecule has 0 aromatic heterocycles. The molecule has 1 aromatic rings. The van der Waals surface area contributed by atoms with Crippen molar-refractivity contribution >= 4 is 11.7 Å². The molecule has 5 heteroatoms. The number of aryl methyl sites for hydroxylation is 1. The third-order valence-electron chi connectivity index (χ3n) is 4.04. The minimum atomic E-state index is 0.0109. The van der Waals surface area contributed by atoms with E-state index in [1.807, 2.05) is 36.1 Å². The number of hydrogen-bond acceptors (Lipinski definition) is 3. The first-order valence-electron chi connectivity index (χ1n) is 8.04. The fraction of sp³-hybridized carbons (Fsp3) is 0.588. The molecule has 0 radical (unpaired) electrons. The van der Waals surface area contributed by atoms with Crippen LogP contribution in [0.1, 0.15) is 12.0 Å². The van der Waals surface area contributed by atoms with Crippen LogP contribution in [0.3, 0.4) is 0 Å². The molecule has 1 heterocycles. The van der Waals surface area contributed by atoms with Gasteiger partial charge in [-0.3, -0.25) is 4.90 Å². The van der Waals surface area contributed by atoms with Gasteiger partial charge in [0.15, 0.2) is 0 Å². The fourth-order valence-electron chi connectivity index (χ4n) is 2.62. The molecule has 1 saturated heterocycles. The number of carbonyl (C=O) groups excluding carboxylic acids is 1. The van der Waals surface area contributed by atoms with Crippen molar-refractivity contribution in [1.82, 2.24) is 14.7 Å². The van der Waals surface area contributed by atoms with Crippen molar-refractivity contribution < 1.29 is 4.79 Å². The summed E-state index contributed by atoms with van der Waals surface area (Å²) in [7, 11) is 4.21. The number of nitrogens with one attached hydrogen (secondary N) is 1. The Balaban J connectivity index is 1.71. The van der Waals surface area contributed by atoms with Gasteiger partial charge in [0.1, 0.15) is 0 Å². The average Bonchev–Trinajstić information content (AvgIpc) is 2.50. The van der Waals surface area contributed by atoms with E-state index in [2.05, 4.69) is 29.2 Å². The van der Waals surface area contributed by atoms with Crippen molar-refractivity contribution in [3.8, 4) is 0 Å². The average molecular weight is 304 g/mol. The molecule has 2 rings (SSSR count). The summed E-state index contributed by atoms with van der Waals surface area (Å²) in [6.07, 6.45) is 1.18. The normalized spacial score (nSPS) is 16.1. The molecule has 1 aromatic carbocycles. The first-order valence-corrected chi connectivity index (χ1v) is 8.04. The number of amides is 2. The Bertz CT molecular complexity index is 464. The molecule has 0 aliphatic carbocycles. The third-order valence-corrected chi connectivity index (χ3v) is 4.04. The molecule has 122 valence electrons. The standard InChI is InChI=1S/C17H28N4O/c1-15-5-7-16(8-6-15)18-17(22)21-13-11-20(12-14-21)10-4-9-19(2)3/h5-8H,4,9-14H2,1-3H3,(H,18,22). The molecule has 1 aliphatic rings. The van der Waals surface area contributed by atoms with Crippen molar-refractivity contribution in [1.29, 1.82) is 0 Å². The Morgan fingerprint density at radius 3 is 2.36 bits per heavy atom. The molecule has 0 unspecified atom stereocenters. The quantitative estimate of drug-likeness (QED) is 0.905. The van der Waals surface area contributed by atoms with E-state index in [0.717, 1.165) is 45.0 Å². The summed E-state index contributed by atoms with van der Waals surface area (Å²) >= 11 is 0. The summed E-state index contributed by atoms with van der Waals surface area (Å²) in [5.74, 6) is 0. The van der Waals surface area contributed by atoms with Gasteiger partial charge in [0.25, 0.3) is 0 Å². The number of anilines is 1. The van der Waals surface area contributed by atoms with Crippen LogP contribution in [0.4, 0.5) is 10.5 Å². The van der Waals surface area contributed by atoms with E-state index in [4.69, 9.17) is 0 Å². The van der Waals surface area contributed by atoms with Gasteiger partial charge in [-0.2, -0.15) is 0 Å². The van der Waals surface area contributed by atoms with E-state index in [9.17, 15) is 4.79 Å². The molecule has 5 nitrogen and oxygen atoms in total. The van der Waals surface area contributed by atoms with Crippen LogP contribution in [0, 0.1) is 6.92 Å². The lowest BCUT2D eigenvalue weighted by Crippen LogP contribution is -2.50. The van der Waals surface area contributed by atoms with Crippen LogP contribution in [0.15, 0.2) is 24.3 Å². The van der Waals surface area contributed by atoms with Gasteiger partial charge >= 0.3 is 6.03 Å². The minimum absolute atomic E-state index is 0.0109. The first-order chi connectivity index (χ1) is 10.5. The highest BCUT2D eigenvalue weighted by atomic mass is 16.2. The summed E-state index contributed by atoms with van der Waals surface area (Å²) in [6, 6.07) is 7.93. The molecule has 0 atom stereocenters. The maximum atomic E-state index is 12.3. The summed E-state index contributed by atoms with van der Waals surface area (Å²) in [5.41, 5.74) is 2.06. The molecule has 1 N–H and O–H groups in total. The molecule has 1 fully saturated rings. The van der Waals surface area contributed by atoms with E-state index in [1.54, 1.807) is 0 Å². The largest absolute Gasteiger partial charge is 0.322 e. The Labute approximate surface area is 133 Å². The monoisotopic (exact) mass is 304 g/mol. The topological polar surface area (TPSA) is 38.8 Å². The summed E-state index contributed by atoms with van der Waals surface area (Å²) < 4.78 is 0. The molecule has 1 aliphatic heterocycles. The van der Waals surface area contributed by atoms with E-state index in [1.165, 1.54) is 12.0 Å². The van der Waals surface area contributed by atoms with Crippen LogP contribution >= 0.6 is 0 Å².